The Labute approximate surface area is 177 Å². The van der Waals surface area contributed by atoms with E-state index in [4.69, 9.17) is 0 Å². The zero-order valence-corrected chi connectivity index (χ0v) is 18.4. The first-order valence-corrected chi connectivity index (χ1v) is 12.4. The number of para-hydroxylation sites is 1. The predicted octanol–water partition coefficient (Wildman–Crippen LogP) is 6.57. The first-order valence-electron chi connectivity index (χ1n) is 12.4. The minimum Gasteiger partial charge on any atom is -0.378 e. The number of hydrogen-bond donors (Lipinski definition) is 1. The molecule has 8 atom stereocenters. The van der Waals surface area contributed by atoms with Gasteiger partial charge in [0, 0.05) is 11.6 Å². The summed E-state index contributed by atoms with van der Waals surface area (Å²) in [5, 5.41) is 3.38. The highest BCUT2D eigenvalue weighted by Crippen LogP contribution is 2.64. The minimum atomic E-state index is 0.255. The van der Waals surface area contributed by atoms with Crippen LogP contribution < -0.4 is 5.32 Å². The maximum absolute atomic E-state index is 13.2. The minimum absolute atomic E-state index is 0.255. The Hall–Kier alpha value is -1.31. The number of carbonyl (C=O) groups excluding carboxylic acids is 1. The number of anilines is 1. The van der Waals surface area contributed by atoms with E-state index < -0.39 is 0 Å². The largest absolute Gasteiger partial charge is 0.378 e. The molecule has 4 fully saturated rings. The number of rotatable bonds is 4. The Kier molecular flexibility index (Phi) is 5.25. The summed E-state index contributed by atoms with van der Waals surface area (Å²) in [6.45, 7) is 5.45. The highest BCUT2D eigenvalue weighted by molar-refractivity contribution is 5.86. The third kappa shape index (κ3) is 3.45. The third-order valence-corrected chi connectivity index (χ3v) is 9.85. The van der Waals surface area contributed by atoms with Gasteiger partial charge >= 0.3 is 0 Å². The Morgan fingerprint density at radius 2 is 1.76 bits per heavy atom. The van der Waals surface area contributed by atoms with E-state index in [1.807, 2.05) is 18.2 Å². The molecular formula is C27H39NO. The molecule has 0 spiro atoms. The summed E-state index contributed by atoms with van der Waals surface area (Å²) < 4.78 is 0. The van der Waals surface area contributed by atoms with Crippen LogP contribution in [-0.4, -0.2) is 12.3 Å². The molecule has 158 valence electrons. The molecule has 2 nitrogen and oxygen atoms in total. The van der Waals surface area contributed by atoms with Crippen LogP contribution >= 0.6 is 0 Å². The summed E-state index contributed by atoms with van der Waals surface area (Å²) in [6.07, 6.45) is 12.5. The van der Waals surface area contributed by atoms with Gasteiger partial charge in [0.25, 0.3) is 0 Å². The average Bonchev–Trinajstić information content (AvgIpc) is 3.09. The summed E-state index contributed by atoms with van der Waals surface area (Å²) in [7, 11) is 0. The van der Waals surface area contributed by atoms with Gasteiger partial charge < -0.3 is 5.32 Å². The highest BCUT2D eigenvalue weighted by Gasteiger charge is 2.58. The van der Waals surface area contributed by atoms with Crippen molar-refractivity contribution in [2.75, 3.05) is 11.9 Å². The fraction of sp³-hybridized carbons (Fsp3) is 0.741. The molecule has 0 amide bonds. The van der Waals surface area contributed by atoms with Gasteiger partial charge in [0.15, 0.2) is 5.78 Å². The Morgan fingerprint density at radius 3 is 2.59 bits per heavy atom. The van der Waals surface area contributed by atoms with Gasteiger partial charge in [-0.2, -0.15) is 0 Å². The number of nitrogens with one attached hydrogen (secondary N) is 1. The van der Waals surface area contributed by atoms with Crippen LogP contribution in [0.4, 0.5) is 5.69 Å². The quantitative estimate of drug-likeness (QED) is 0.626. The summed E-state index contributed by atoms with van der Waals surface area (Å²) in [4.78, 5) is 13.2. The SMILES string of the molecule is CC1CCC2C(CCC3C2CCC2(C)C(C(=O)CNc4ccccc4)CCC32)C1. The number of Topliss-reactive ketones (excluding diaryl/α,β-unsaturated/α-hetero) is 1. The molecule has 0 heterocycles. The molecule has 2 heteroatoms. The molecule has 1 N–H and O–H groups in total. The van der Waals surface area contributed by atoms with Crippen molar-refractivity contribution in [3.63, 3.8) is 0 Å². The lowest BCUT2D eigenvalue weighted by Crippen LogP contribution is -2.49. The van der Waals surface area contributed by atoms with Gasteiger partial charge in [-0.05, 0) is 104 Å². The molecule has 0 radical (unpaired) electrons. The van der Waals surface area contributed by atoms with E-state index in [1.54, 1.807) is 0 Å². The van der Waals surface area contributed by atoms with Crippen molar-refractivity contribution in [3.8, 4) is 0 Å². The van der Waals surface area contributed by atoms with E-state index in [-0.39, 0.29) is 11.3 Å². The lowest BCUT2D eigenvalue weighted by Gasteiger charge is -2.56. The molecule has 4 aliphatic carbocycles. The van der Waals surface area contributed by atoms with E-state index in [0.717, 1.165) is 47.6 Å². The molecule has 1 aromatic carbocycles. The monoisotopic (exact) mass is 393 g/mol. The lowest BCUT2D eigenvalue weighted by atomic mass is 9.49. The molecule has 4 aliphatic rings. The second-order valence-corrected chi connectivity index (χ2v) is 11.2. The molecule has 0 aromatic heterocycles. The fourth-order valence-corrected chi connectivity index (χ4v) is 8.49. The molecule has 29 heavy (non-hydrogen) atoms. The van der Waals surface area contributed by atoms with Crippen LogP contribution in [0.2, 0.25) is 0 Å². The highest BCUT2D eigenvalue weighted by atomic mass is 16.1. The Balaban J connectivity index is 1.27. The molecule has 1 aromatic rings. The third-order valence-electron chi connectivity index (χ3n) is 9.85. The van der Waals surface area contributed by atoms with Crippen LogP contribution in [0.15, 0.2) is 30.3 Å². The van der Waals surface area contributed by atoms with Gasteiger partial charge in [0.1, 0.15) is 0 Å². The van der Waals surface area contributed by atoms with Crippen molar-refractivity contribution in [1.29, 1.82) is 0 Å². The van der Waals surface area contributed by atoms with Crippen molar-refractivity contribution in [2.24, 2.45) is 46.8 Å². The second kappa shape index (κ2) is 7.75. The molecule has 0 saturated heterocycles. The summed E-state index contributed by atoms with van der Waals surface area (Å²) in [5.74, 6) is 6.37. The van der Waals surface area contributed by atoms with E-state index in [9.17, 15) is 4.79 Å². The van der Waals surface area contributed by atoms with Gasteiger partial charge in [-0.1, -0.05) is 38.5 Å². The molecule has 5 rings (SSSR count). The van der Waals surface area contributed by atoms with Crippen molar-refractivity contribution in [3.05, 3.63) is 30.3 Å². The van der Waals surface area contributed by atoms with Crippen molar-refractivity contribution in [2.45, 2.75) is 71.6 Å². The second-order valence-electron chi connectivity index (χ2n) is 11.2. The van der Waals surface area contributed by atoms with E-state index in [2.05, 4.69) is 31.3 Å². The van der Waals surface area contributed by atoms with Gasteiger partial charge in [-0.3, -0.25) is 4.79 Å². The molecule has 4 saturated carbocycles. The van der Waals surface area contributed by atoms with Gasteiger partial charge in [-0.25, -0.2) is 0 Å². The summed E-state index contributed by atoms with van der Waals surface area (Å²) in [6, 6.07) is 10.2. The maximum atomic E-state index is 13.2. The van der Waals surface area contributed by atoms with Gasteiger partial charge in [0.05, 0.1) is 6.54 Å². The smallest absolute Gasteiger partial charge is 0.155 e. The van der Waals surface area contributed by atoms with Crippen LogP contribution in [0.3, 0.4) is 0 Å². The first-order chi connectivity index (χ1) is 14.1. The lowest BCUT2D eigenvalue weighted by molar-refractivity contribution is -0.128. The topological polar surface area (TPSA) is 29.1 Å². The van der Waals surface area contributed by atoms with Gasteiger partial charge in [0.2, 0.25) is 0 Å². The van der Waals surface area contributed by atoms with Crippen molar-refractivity contribution >= 4 is 11.5 Å². The zero-order valence-electron chi connectivity index (χ0n) is 18.4. The van der Waals surface area contributed by atoms with Crippen LogP contribution in [0.5, 0.6) is 0 Å². The van der Waals surface area contributed by atoms with E-state index in [1.165, 1.54) is 51.4 Å². The molecule has 0 aliphatic heterocycles. The number of benzene rings is 1. The van der Waals surface area contributed by atoms with Crippen molar-refractivity contribution < 1.29 is 4.79 Å². The van der Waals surface area contributed by atoms with E-state index in [0.29, 0.717) is 12.3 Å². The Morgan fingerprint density at radius 1 is 0.966 bits per heavy atom. The summed E-state index contributed by atoms with van der Waals surface area (Å²) >= 11 is 0. The Bertz CT molecular complexity index is 729. The van der Waals surface area contributed by atoms with Gasteiger partial charge in [-0.15, -0.1) is 0 Å². The van der Waals surface area contributed by atoms with Crippen LogP contribution in [0.25, 0.3) is 0 Å². The van der Waals surface area contributed by atoms with Crippen LogP contribution in [-0.2, 0) is 4.79 Å². The molecule has 8 unspecified atom stereocenters. The normalized spacial score (nSPS) is 43.7. The molecule has 0 bridgehead atoms. The number of fused-ring (bicyclic) bond motifs is 5. The van der Waals surface area contributed by atoms with Crippen LogP contribution in [0, 0.1) is 46.8 Å². The number of hydrogen-bond acceptors (Lipinski definition) is 2. The van der Waals surface area contributed by atoms with Crippen molar-refractivity contribution in [1.82, 2.24) is 0 Å². The number of ketones is 1. The van der Waals surface area contributed by atoms with Crippen LogP contribution in [0.1, 0.15) is 71.6 Å². The number of carbonyl (C=O) groups is 1. The fourth-order valence-electron chi connectivity index (χ4n) is 8.49. The maximum Gasteiger partial charge on any atom is 0.155 e. The first kappa shape index (κ1) is 19.6. The standard InChI is InChI=1S/C27H39NO/c1-18-8-10-21-19(16-18)9-11-23-22(21)14-15-27(2)24(23)12-13-25(27)26(29)17-28-20-6-4-3-5-7-20/h3-7,18-19,21-25,28H,8-17H2,1-2H3. The van der Waals surface area contributed by atoms with E-state index >= 15 is 0 Å². The average molecular weight is 394 g/mol. The molecular weight excluding hydrogens is 354 g/mol. The predicted molar refractivity (Wildman–Crippen MR) is 120 cm³/mol. The summed E-state index contributed by atoms with van der Waals surface area (Å²) in [5.41, 5.74) is 1.32. The zero-order chi connectivity index (χ0) is 20.0.